The topological polar surface area (TPSA) is 75.1 Å². The van der Waals surface area contributed by atoms with Gasteiger partial charge in [0, 0.05) is 6.07 Å². The Morgan fingerprint density at radius 2 is 2.44 bits per heavy atom. The van der Waals surface area contributed by atoms with Gasteiger partial charge in [-0.1, -0.05) is 5.92 Å². The summed E-state index contributed by atoms with van der Waals surface area (Å²) in [7, 11) is 0. The number of H-pyrrole nitrogens is 1. The zero-order chi connectivity index (χ0) is 11.7. The van der Waals surface area contributed by atoms with Gasteiger partial charge in [-0.05, 0) is 13.8 Å². The van der Waals surface area contributed by atoms with Gasteiger partial charge in [-0.15, -0.1) is 6.42 Å². The monoisotopic (exact) mass is 217 g/mol. The third-order valence-corrected chi connectivity index (χ3v) is 2.18. The highest BCUT2D eigenvalue weighted by Crippen LogP contribution is 2.08. The van der Waals surface area contributed by atoms with Gasteiger partial charge in [-0.3, -0.25) is 0 Å². The largest absolute Gasteiger partial charge is 0.357 e. The molecule has 2 rings (SSSR count). The molecule has 0 bridgehead atoms. The standard InChI is InChI=1S/C10H11N5O/c1-4-6(2)11-8-5-9-13-14-10(16)15(9)7(3)12-8/h1,5-6,11H,2-3H3,(H,14,16). The van der Waals surface area contributed by atoms with E-state index in [0.717, 1.165) is 0 Å². The maximum atomic E-state index is 11.3. The Labute approximate surface area is 91.7 Å². The van der Waals surface area contributed by atoms with Crippen molar-refractivity contribution in [2.45, 2.75) is 19.9 Å². The molecule has 0 saturated carbocycles. The molecule has 2 N–H and O–H groups in total. The quantitative estimate of drug-likeness (QED) is 0.703. The van der Waals surface area contributed by atoms with Gasteiger partial charge in [0.05, 0.1) is 6.04 Å². The van der Waals surface area contributed by atoms with Crippen LogP contribution in [0.3, 0.4) is 0 Å². The second-order valence-electron chi connectivity index (χ2n) is 3.44. The van der Waals surface area contributed by atoms with E-state index in [2.05, 4.69) is 26.4 Å². The Balaban J connectivity index is 2.51. The van der Waals surface area contributed by atoms with Gasteiger partial charge >= 0.3 is 5.69 Å². The van der Waals surface area contributed by atoms with Crippen molar-refractivity contribution in [2.75, 3.05) is 5.32 Å². The van der Waals surface area contributed by atoms with Crippen LogP contribution in [0.25, 0.3) is 5.65 Å². The summed E-state index contributed by atoms with van der Waals surface area (Å²) in [5.74, 6) is 3.70. The Morgan fingerprint density at radius 1 is 1.69 bits per heavy atom. The van der Waals surface area contributed by atoms with Crippen LogP contribution in [0.2, 0.25) is 0 Å². The first-order valence-corrected chi connectivity index (χ1v) is 4.79. The van der Waals surface area contributed by atoms with Gasteiger partial charge in [0.2, 0.25) is 0 Å². The molecule has 0 saturated heterocycles. The van der Waals surface area contributed by atoms with Crippen LogP contribution in [-0.4, -0.2) is 25.6 Å². The normalized spacial score (nSPS) is 12.3. The minimum absolute atomic E-state index is 0.125. The molecule has 2 aromatic rings. The molecule has 0 aliphatic rings. The number of hydrogen-bond acceptors (Lipinski definition) is 4. The van der Waals surface area contributed by atoms with Crippen LogP contribution in [0.5, 0.6) is 0 Å². The van der Waals surface area contributed by atoms with E-state index in [1.165, 1.54) is 4.40 Å². The van der Waals surface area contributed by atoms with Crippen LogP contribution < -0.4 is 11.0 Å². The predicted octanol–water partition coefficient (Wildman–Crippen LogP) is 0.160. The highest BCUT2D eigenvalue weighted by atomic mass is 16.1. The number of rotatable bonds is 2. The van der Waals surface area contributed by atoms with Crippen LogP contribution in [0.4, 0.5) is 5.82 Å². The number of aryl methyl sites for hydroxylation is 1. The smallest absolute Gasteiger partial charge is 0.349 e. The molecular formula is C10H11N5O. The zero-order valence-electron chi connectivity index (χ0n) is 8.98. The van der Waals surface area contributed by atoms with E-state index in [9.17, 15) is 4.79 Å². The van der Waals surface area contributed by atoms with E-state index >= 15 is 0 Å². The van der Waals surface area contributed by atoms with Gasteiger partial charge in [-0.2, -0.15) is 5.10 Å². The third-order valence-electron chi connectivity index (χ3n) is 2.18. The lowest BCUT2D eigenvalue weighted by atomic mass is 10.3. The van der Waals surface area contributed by atoms with Crippen molar-refractivity contribution < 1.29 is 0 Å². The molecule has 1 unspecified atom stereocenters. The lowest BCUT2D eigenvalue weighted by Crippen LogP contribution is -2.17. The first-order chi connectivity index (χ1) is 7.61. The van der Waals surface area contributed by atoms with Crippen LogP contribution in [-0.2, 0) is 0 Å². The molecule has 0 fully saturated rings. The Hall–Kier alpha value is -2.29. The van der Waals surface area contributed by atoms with E-state index in [0.29, 0.717) is 17.3 Å². The SMILES string of the molecule is C#CC(C)Nc1cc2n[nH]c(=O)n2c(C)n1. The van der Waals surface area contributed by atoms with Crippen molar-refractivity contribution >= 4 is 11.5 Å². The van der Waals surface area contributed by atoms with Gasteiger partial charge in [0.15, 0.2) is 5.65 Å². The molecule has 16 heavy (non-hydrogen) atoms. The van der Waals surface area contributed by atoms with E-state index in [-0.39, 0.29) is 11.7 Å². The molecule has 0 aliphatic carbocycles. The minimum Gasteiger partial charge on any atom is -0.357 e. The Bertz CT molecular complexity index is 618. The third kappa shape index (κ3) is 1.63. The summed E-state index contributed by atoms with van der Waals surface area (Å²) >= 11 is 0. The Kier molecular flexibility index (Phi) is 2.37. The van der Waals surface area contributed by atoms with E-state index in [1.807, 2.05) is 6.92 Å². The molecule has 2 heterocycles. The number of terminal acetylenes is 1. The molecule has 0 amide bonds. The fourth-order valence-electron chi connectivity index (χ4n) is 1.44. The van der Waals surface area contributed by atoms with E-state index in [1.54, 1.807) is 13.0 Å². The fourth-order valence-corrected chi connectivity index (χ4v) is 1.44. The number of hydrogen-bond donors (Lipinski definition) is 2. The van der Waals surface area contributed by atoms with Crippen LogP contribution in [0.1, 0.15) is 12.7 Å². The number of anilines is 1. The maximum absolute atomic E-state index is 11.3. The highest BCUT2D eigenvalue weighted by molar-refractivity contribution is 5.50. The van der Waals surface area contributed by atoms with Gasteiger partial charge < -0.3 is 5.32 Å². The molecule has 6 heteroatoms. The first kappa shape index (κ1) is 10.2. The number of aromatic nitrogens is 4. The molecule has 82 valence electrons. The molecule has 6 nitrogen and oxygen atoms in total. The second kappa shape index (κ2) is 3.70. The average molecular weight is 217 g/mol. The summed E-state index contributed by atoms with van der Waals surface area (Å²) in [6.07, 6.45) is 5.26. The Morgan fingerprint density at radius 3 is 3.12 bits per heavy atom. The van der Waals surface area contributed by atoms with Crippen molar-refractivity contribution in [1.82, 2.24) is 19.6 Å². The van der Waals surface area contributed by atoms with Crippen molar-refractivity contribution in [2.24, 2.45) is 0 Å². The van der Waals surface area contributed by atoms with E-state index in [4.69, 9.17) is 6.42 Å². The lowest BCUT2D eigenvalue weighted by Gasteiger charge is -2.09. The van der Waals surface area contributed by atoms with Crippen LogP contribution in [0, 0.1) is 19.3 Å². The summed E-state index contributed by atoms with van der Waals surface area (Å²) < 4.78 is 1.39. The molecule has 1 atom stereocenters. The lowest BCUT2D eigenvalue weighted by molar-refractivity contribution is 0.922. The molecular weight excluding hydrogens is 206 g/mol. The summed E-state index contributed by atoms with van der Waals surface area (Å²) in [5, 5.41) is 9.25. The average Bonchev–Trinajstić information content (AvgIpc) is 2.60. The van der Waals surface area contributed by atoms with E-state index < -0.39 is 0 Å². The van der Waals surface area contributed by atoms with Crippen LogP contribution >= 0.6 is 0 Å². The summed E-state index contributed by atoms with van der Waals surface area (Å²) in [6.45, 7) is 3.58. The number of nitrogens with zero attached hydrogens (tertiary/aromatic N) is 3. The molecule has 0 aromatic carbocycles. The molecule has 0 aliphatic heterocycles. The van der Waals surface area contributed by atoms with Gasteiger partial charge in [0.1, 0.15) is 11.6 Å². The van der Waals surface area contributed by atoms with Gasteiger partial charge in [0.25, 0.3) is 0 Å². The number of fused-ring (bicyclic) bond motifs is 1. The van der Waals surface area contributed by atoms with Crippen molar-refractivity contribution in [3.05, 3.63) is 22.4 Å². The van der Waals surface area contributed by atoms with Crippen molar-refractivity contribution in [1.29, 1.82) is 0 Å². The molecule has 2 aromatic heterocycles. The molecule has 0 spiro atoms. The summed E-state index contributed by atoms with van der Waals surface area (Å²) in [5.41, 5.74) is 0.223. The fraction of sp³-hybridized carbons (Fsp3) is 0.300. The molecule has 0 radical (unpaired) electrons. The highest BCUT2D eigenvalue weighted by Gasteiger charge is 2.07. The van der Waals surface area contributed by atoms with Crippen molar-refractivity contribution in [3.8, 4) is 12.3 Å². The summed E-state index contributed by atoms with van der Waals surface area (Å²) in [6, 6.07) is 1.54. The number of nitrogens with one attached hydrogen (secondary N) is 2. The maximum Gasteiger partial charge on any atom is 0.349 e. The first-order valence-electron chi connectivity index (χ1n) is 4.79. The number of aromatic amines is 1. The second-order valence-corrected chi connectivity index (χ2v) is 3.44. The summed E-state index contributed by atoms with van der Waals surface area (Å²) in [4.78, 5) is 15.6. The van der Waals surface area contributed by atoms with Crippen molar-refractivity contribution in [3.63, 3.8) is 0 Å². The van der Waals surface area contributed by atoms with Gasteiger partial charge in [-0.25, -0.2) is 19.3 Å². The predicted molar refractivity (Wildman–Crippen MR) is 60.3 cm³/mol. The minimum atomic E-state index is -0.295. The van der Waals surface area contributed by atoms with Crippen LogP contribution in [0.15, 0.2) is 10.9 Å². The zero-order valence-corrected chi connectivity index (χ0v) is 8.98.